The van der Waals surface area contributed by atoms with E-state index in [9.17, 15) is 4.79 Å². The van der Waals surface area contributed by atoms with Crippen molar-refractivity contribution in [2.45, 2.75) is 19.3 Å². The van der Waals surface area contributed by atoms with Gasteiger partial charge in [-0.05, 0) is 36.8 Å². The number of aromatic nitrogens is 2. The number of carbonyl (C=O) groups is 1. The predicted octanol–water partition coefficient (Wildman–Crippen LogP) is 3.17. The van der Waals surface area contributed by atoms with Crippen molar-refractivity contribution in [2.24, 2.45) is 0 Å². The highest BCUT2D eigenvalue weighted by Crippen LogP contribution is 2.36. The number of hydrogen-bond donors (Lipinski definition) is 0. The maximum atomic E-state index is 12.5. The molecular weight excluding hydrogens is 322 g/mol. The van der Waals surface area contributed by atoms with Crippen LogP contribution in [0.15, 0.2) is 45.5 Å². The lowest BCUT2D eigenvalue weighted by Gasteiger charge is -2.19. The van der Waals surface area contributed by atoms with E-state index in [2.05, 4.69) is 10.1 Å². The lowest BCUT2D eigenvalue weighted by molar-refractivity contribution is -0.117. The molecule has 7 heteroatoms. The zero-order chi connectivity index (χ0) is 17.4. The Labute approximate surface area is 144 Å². The first-order chi connectivity index (χ1) is 12.2. The first-order valence-corrected chi connectivity index (χ1v) is 7.98. The largest absolute Gasteiger partial charge is 0.495 e. The van der Waals surface area contributed by atoms with Crippen LogP contribution in [0, 0.1) is 6.92 Å². The lowest BCUT2D eigenvalue weighted by atomic mass is 10.1. The zero-order valence-corrected chi connectivity index (χ0v) is 13.9. The van der Waals surface area contributed by atoms with E-state index in [0.29, 0.717) is 36.2 Å². The summed E-state index contributed by atoms with van der Waals surface area (Å²) < 4.78 is 15.9. The van der Waals surface area contributed by atoms with E-state index in [1.54, 1.807) is 30.4 Å². The van der Waals surface area contributed by atoms with Crippen molar-refractivity contribution in [3.8, 4) is 17.4 Å². The molecule has 1 aliphatic rings. The minimum atomic E-state index is -0.134. The van der Waals surface area contributed by atoms with Crippen LogP contribution in [-0.4, -0.2) is 29.7 Å². The van der Waals surface area contributed by atoms with Crippen LogP contribution in [-0.2, 0) is 4.79 Å². The molecule has 25 heavy (non-hydrogen) atoms. The summed E-state index contributed by atoms with van der Waals surface area (Å²) >= 11 is 0. The number of aryl methyl sites for hydroxylation is 1. The van der Waals surface area contributed by atoms with Gasteiger partial charge in [-0.15, -0.1) is 0 Å². The molecular formula is C18H17N3O4. The monoisotopic (exact) mass is 339 g/mol. The maximum absolute atomic E-state index is 12.5. The second-order valence-electron chi connectivity index (χ2n) is 6.02. The molecule has 0 N–H and O–H groups in total. The topological polar surface area (TPSA) is 81.6 Å². The number of furan rings is 1. The molecule has 1 aromatic carbocycles. The first kappa shape index (κ1) is 15.4. The fraction of sp³-hybridized carbons (Fsp3) is 0.278. The van der Waals surface area contributed by atoms with Crippen LogP contribution < -0.4 is 9.64 Å². The van der Waals surface area contributed by atoms with Gasteiger partial charge in [-0.2, -0.15) is 4.98 Å². The number of nitrogens with zero attached hydrogens (tertiary/aromatic N) is 3. The Morgan fingerprint density at radius 1 is 1.32 bits per heavy atom. The van der Waals surface area contributed by atoms with Crippen LogP contribution in [0.25, 0.3) is 11.7 Å². The fourth-order valence-electron chi connectivity index (χ4n) is 3.03. The Kier molecular flexibility index (Phi) is 3.76. The van der Waals surface area contributed by atoms with E-state index < -0.39 is 0 Å². The molecule has 1 saturated heterocycles. The lowest BCUT2D eigenvalue weighted by Crippen LogP contribution is -2.25. The fourth-order valence-corrected chi connectivity index (χ4v) is 3.03. The first-order valence-electron chi connectivity index (χ1n) is 7.98. The molecule has 1 fully saturated rings. The molecule has 1 atom stereocenters. The Morgan fingerprint density at radius 2 is 2.20 bits per heavy atom. The highest BCUT2D eigenvalue weighted by molar-refractivity contribution is 5.97. The van der Waals surface area contributed by atoms with Gasteiger partial charge in [0.15, 0.2) is 11.6 Å². The highest BCUT2D eigenvalue weighted by Gasteiger charge is 2.36. The van der Waals surface area contributed by atoms with Gasteiger partial charge < -0.3 is 18.6 Å². The number of amides is 1. The molecule has 128 valence electrons. The Morgan fingerprint density at radius 3 is 2.96 bits per heavy atom. The third-order valence-electron chi connectivity index (χ3n) is 4.29. The summed E-state index contributed by atoms with van der Waals surface area (Å²) in [6.07, 6.45) is 1.87. The molecule has 0 radical (unpaired) electrons. The molecule has 2 aromatic heterocycles. The smallest absolute Gasteiger partial charge is 0.293 e. The summed E-state index contributed by atoms with van der Waals surface area (Å²) in [4.78, 5) is 18.6. The Balaban J connectivity index is 1.60. The summed E-state index contributed by atoms with van der Waals surface area (Å²) in [5.74, 6) is 1.89. The van der Waals surface area contributed by atoms with Crippen molar-refractivity contribution in [1.29, 1.82) is 0 Å². The van der Waals surface area contributed by atoms with Crippen molar-refractivity contribution in [1.82, 2.24) is 10.1 Å². The molecule has 0 bridgehead atoms. The van der Waals surface area contributed by atoms with Gasteiger partial charge >= 0.3 is 0 Å². The second kappa shape index (κ2) is 6.08. The van der Waals surface area contributed by atoms with E-state index in [1.165, 1.54) is 0 Å². The average molecular weight is 339 g/mol. The van der Waals surface area contributed by atoms with Crippen LogP contribution >= 0.6 is 0 Å². The van der Waals surface area contributed by atoms with Gasteiger partial charge in [-0.25, -0.2) is 0 Å². The zero-order valence-electron chi connectivity index (χ0n) is 13.9. The Bertz CT molecular complexity index is 901. The highest BCUT2D eigenvalue weighted by atomic mass is 16.5. The van der Waals surface area contributed by atoms with E-state index in [1.807, 2.05) is 25.1 Å². The van der Waals surface area contributed by atoms with E-state index in [-0.39, 0.29) is 11.8 Å². The summed E-state index contributed by atoms with van der Waals surface area (Å²) in [5, 5.41) is 4.02. The van der Waals surface area contributed by atoms with Gasteiger partial charge in [0.05, 0.1) is 19.1 Å². The van der Waals surface area contributed by atoms with E-state index in [4.69, 9.17) is 13.7 Å². The molecule has 0 spiro atoms. The number of hydrogen-bond acceptors (Lipinski definition) is 6. The summed E-state index contributed by atoms with van der Waals surface area (Å²) in [7, 11) is 1.60. The normalized spacial score (nSPS) is 17.3. The van der Waals surface area contributed by atoms with Crippen molar-refractivity contribution >= 4 is 11.6 Å². The molecule has 1 unspecified atom stereocenters. The standard InChI is InChI=1S/C18H17N3O4/c1-11-5-6-14(23-2)13(8-11)21-10-12(9-16(21)22)17-19-18(25-20-17)15-4-3-7-24-15/h3-8,12H,9-10H2,1-2H3. The minimum Gasteiger partial charge on any atom is -0.495 e. The third kappa shape index (κ3) is 2.77. The van der Waals surface area contributed by atoms with Crippen LogP contribution in [0.5, 0.6) is 5.75 Å². The molecule has 3 aromatic rings. The molecule has 0 saturated carbocycles. The van der Waals surface area contributed by atoms with Crippen molar-refractivity contribution in [3.63, 3.8) is 0 Å². The minimum absolute atomic E-state index is 0.0123. The van der Waals surface area contributed by atoms with Crippen LogP contribution in [0.2, 0.25) is 0 Å². The van der Waals surface area contributed by atoms with Gasteiger partial charge in [0.2, 0.25) is 5.91 Å². The number of methoxy groups -OCH3 is 1. The molecule has 3 heterocycles. The van der Waals surface area contributed by atoms with Crippen molar-refractivity contribution in [2.75, 3.05) is 18.6 Å². The van der Waals surface area contributed by atoms with Crippen LogP contribution in [0.3, 0.4) is 0 Å². The molecule has 1 aliphatic heterocycles. The Hall–Kier alpha value is -3.09. The molecule has 1 amide bonds. The molecule has 0 aliphatic carbocycles. The SMILES string of the molecule is COc1ccc(C)cc1N1CC(c2noc(-c3ccco3)n2)CC1=O. The van der Waals surface area contributed by atoms with Gasteiger partial charge in [0.1, 0.15) is 5.75 Å². The van der Waals surface area contributed by atoms with Crippen LogP contribution in [0.1, 0.15) is 23.7 Å². The predicted molar refractivity (Wildman–Crippen MR) is 89.4 cm³/mol. The van der Waals surface area contributed by atoms with Gasteiger partial charge in [0.25, 0.3) is 5.89 Å². The number of benzene rings is 1. The van der Waals surface area contributed by atoms with Gasteiger partial charge in [-0.1, -0.05) is 11.2 Å². The van der Waals surface area contributed by atoms with Gasteiger partial charge in [0, 0.05) is 18.9 Å². The van der Waals surface area contributed by atoms with E-state index >= 15 is 0 Å². The van der Waals surface area contributed by atoms with E-state index in [0.717, 1.165) is 11.3 Å². The number of rotatable bonds is 4. The second-order valence-corrected chi connectivity index (χ2v) is 6.02. The van der Waals surface area contributed by atoms with Crippen LogP contribution in [0.4, 0.5) is 5.69 Å². The average Bonchev–Trinajstić information content (AvgIpc) is 3.34. The molecule has 7 nitrogen and oxygen atoms in total. The summed E-state index contributed by atoms with van der Waals surface area (Å²) in [6.45, 7) is 2.46. The maximum Gasteiger partial charge on any atom is 0.293 e. The number of ether oxygens (including phenoxy) is 1. The number of carbonyl (C=O) groups excluding carboxylic acids is 1. The van der Waals surface area contributed by atoms with Gasteiger partial charge in [-0.3, -0.25) is 4.79 Å². The third-order valence-corrected chi connectivity index (χ3v) is 4.29. The quantitative estimate of drug-likeness (QED) is 0.726. The number of anilines is 1. The molecule has 4 rings (SSSR count). The summed E-state index contributed by atoms with van der Waals surface area (Å²) in [6, 6.07) is 9.28. The van der Waals surface area contributed by atoms with Crippen molar-refractivity contribution < 1.29 is 18.5 Å². The summed E-state index contributed by atoms with van der Waals surface area (Å²) in [5.41, 5.74) is 1.83. The van der Waals surface area contributed by atoms with Crippen molar-refractivity contribution in [3.05, 3.63) is 48.0 Å².